The molecule has 2 heterocycles. The van der Waals surface area contributed by atoms with Crippen LogP contribution in [0, 0.1) is 6.92 Å². The molecule has 86 valence electrons. The molecule has 0 saturated carbocycles. The maximum atomic E-state index is 11.7. The number of H-pyrrole nitrogens is 2. The maximum absolute atomic E-state index is 11.7. The first kappa shape index (κ1) is 10.9. The number of fused-ring (bicyclic) bond motifs is 1. The summed E-state index contributed by atoms with van der Waals surface area (Å²) >= 11 is 0. The fraction of sp³-hybridized carbons (Fsp3) is 0.222. The Morgan fingerprint density at radius 1 is 1.38 bits per heavy atom. The Balaban J connectivity index is 2.95. The van der Waals surface area contributed by atoms with Crippen LogP contribution in [0.1, 0.15) is 5.56 Å². The highest BCUT2D eigenvalue weighted by molar-refractivity contribution is 7.89. The third-order valence-corrected chi connectivity index (χ3v) is 3.78. The Kier molecular flexibility index (Phi) is 2.36. The van der Waals surface area contributed by atoms with E-state index in [1.54, 1.807) is 13.1 Å². The van der Waals surface area contributed by atoms with Gasteiger partial charge in [-0.3, -0.25) is 4.79 Å². The first-order chi connectivity index (χ1) is 7.45. The van der Waals surface area contributed by atoms with Gasteiger partial charge >= 0.3 is 0 Å². The van der Waals surface area contributed by atoms with Gasteiger partial charge in [-0.15, -0.1) is 0 Å². The first-order valence-electron chi connectivity index (χ1n) is 4.60. The molecule has 7 heteroatoms. The summed E-state index contributed by atoms with van der Waals surface area (Å²) in [4.78, 5) is 16.5. The van der Waals surface area contributed by atoms with E-state index >= 15 is 0 Å². The quantitative estimate of drug-likeness (QED) is 0.694. The summed E-state index contributed by atoms with van der Waals surface area (Å²) < 4.78 is 25.5. The van der Waals surface area contributed by atoms with Gasteiger partial charge in [-0.25, -0.2) is 13.1 Å². The minimum Gasteiger partial charge on any atom is -0.359 e. The summed E-state index contributed by atoms with van der Waals surface area (Å²) in [5.74, 6) is 0. The van der Waals surface area contributed by atoms with Gasteiger partial charge in [-0.2, -0.15) is 0 Å². The van der Waals surface area contributed by atoms with E-state index in [1.807, 2.05) is 0 Å². The zero-order chi connectivity index (χ0) is 11.9. The van der Waals surface area contributed by atoms with Crippen molar-refractivity contribution in [3.05, 3.63) is 28.2 Å². The molecule has 0 saturated heterocycles. The van der Waals surface area contributed by atoms with Gasteiger partial charge < -0.3 is 9.97 Å². The fourth-order valence-electron chi connectivity index (χ4n) is 1.55. The smallest absolute Gasteiger partial charge is 0.257 e. The molecule has 0 aromatic carbocycles. The van der Waals surface area contributed by atoms with E-state index in [0.29, 0.717) is 10.9 Å². The van der Waals surface area contributed by atoms with Crippen LogP contribution < -0.4 is 10.3 Å². The summed E-state index contributed by atoms with van der Waals surface area (Å²) in [5.41, 5.74) is 0.795. The molecule has 0 fully saturated rings. The Hall–Kier alpha value is -1.60. The highest BCUT2D eigenvalue weighted by atomic mass is 32.2. The van der Waals surface area contributed by atoms with Gasteiger partial charge in [-0.1, -0.05) is 0 Å². The second-order valence-electron chi connectivity index (χ2n) is 3.43. The van der Waals surface area contributed by atoms with Crippen molar-refractivity contribution in [2.75, 3.05) is 7.05 Å². The molecule has 0 bridgehead atoms. The van der Waals surface area contributed by atoms with Crippen LogP contribution >= 0.6 is 0 Å². The number of sulfonamides is 1. The van der Waals surface area contributed by atoms with Crippen LogP contribution in [-0.4, -0.2) is 25.4 Å². The Morgan fingerprint density at radius 3 is 2.69 bits per heavy atom. The molecule has 16 heavy (non-hydrogen) atoms. The molecular weight excluding hydrogens is 230 g/mol. The van der Waals surface area contributed by atoms with Crippen LogP contribution in [0.2, 0.25) is 0 Å². The van der Waals surface area contributed by atoms with Crippen molar-refractivity contribution >= 4 is 20.9 Å². The number of nitrogens with one attached hydrogen (secondary N) is 3. The van der Waals surface area contributed by atoms with E-state index in [4.69, 9.17) is 0 Å². The number of aromatic nitrogens is 2. The van der Waals surface area contributed by atoms with Crippen LogP contribution in [0.25, 0.3) is 10.9 Å². The molecule has 3 N–H and O–H groups in total. The Morgan fingerprint density at radius 2 is 2.06 bits per heavy atom. The van der Waals surface area contributed by atoms with E-state index < -0.39 is 15.6 Å². The van der Waals surface area contributed by atoms with Gasteiger partial charge in [-0.05, 0) is 19.5 Å². The molecule has 0 amide bonds. The van der Waals surface area contributed by atoms with E-state index in [2.05, 4.69) is 14.7 Å². The van der Waals surface area contributed by atoms with Crippen molar-refractivity contribution in [3.8, 4) is 0 Å². The van der Waals surface area contributed by atoms with Crippen LogP contribution in [0.15, 0.2) is 22.1 Å². The number of hydrogen-bond donors (Lipinski definition) is 3. The molecule has 0 aliphatic carbocycles. The van der Waals surface area contributed by atoms with Gasteiger partial charge in [0.25, 0.3) is 10.0 Å². The first-order valence-corrected chi connectivity index (χ1v) is 6.08. The molecule has 0 radical (unpaired) electrons. The Labute approximate surface area is 91.7 Å². The SMILES string of the molecule is CNS(=O)(=O)c1[nH]c(=O)cc2c(C)c[nH]c12. The minimum absolute atomic E-state index is 0.134. The summed E-state index contributed by atoms with van der Waals surface area (Å²) in [5, 5.41) is 0.475. The van der Waals surface area contributed by atoms with Crippen molar-refractivity contribution in [2.24, 2.45) is 0 Å². The minimum atomic E-state index is -3.67. The lowest BCUT2D eigenvalue weighted by atomic mass is 10.2. The third kappa shape index (κ3) is 1.54. The lowest BCUT2D eigenvalue weighted by molar-refractivity contribution is 0.585. The Bertz CT molecular complexity index is 696. The molecule has 2 aromatic rings. The van der Waals surface area contributed by atoms with Crippen LogP contribution in [-0.2, 0) is 10.0 Å². The normalized spacial score (nSPS) is 12.1. The van der Waals surface area contributed by atoms with Gasteiger partial charge in [0.2, 0.25) is 5.56 Å². The average molecular weight is 241 g/mol. The molecule has 0 spiro atoms. The largest absolute Gasteiger partial charge is 0.359 e. The molecular formula is C9H11N3O3S. The number of hydrogen-bond acceptors (Lipinski definition) is 3. The average Bonchev–Trinajstić information content (AvgIpc) is 2.59. The molecule has 2 rings (SSSR count). The monoisotopic (exact) mass is 241 g/mol. The predicted molar refractivity (Wildman–Crippen MR) is 59.9 cm³/mol. The van der Waals surface area contributed by atoms with Gasteiger partial charge in [0.1, 0.15) is 0 Å². The van der Waals surface area contributed by atoms with Crippen molar-refractivity contribution < 1.29 is 8.42 Å². The zero-order valence-corrected chi connectivity index (χ0v) is 9.60. The van der Waals surface area contributed by atoms with Crippen molar-refractivity contribution in [1.29, 1.82) is 0 Å². The maximum Gasteiger partial charge on any atom is 0.257 e. The molecule has 2 aromatic heterocycles. The molecule has 0 aliphatic rings. The summed E-state index contributed by atoms with van der Waals surface area (Å²) in [6.45, 7) is 1.80. The fourth-order valence-corrected chi connectivity index (χ4v) is 2.43. The van der Waals surface area contributed by atoms with Crippen molar-refractivity contribution in [3.63, 3.8) is 0 Å². The topological polar surface area (TPSA) is 94.8 Å². The van der Waals surface area contributed by atoms with Gasteiger partial charge in [0.15, 0.2) is 5.03 Å². The van der Waals surface area contributed by atoms with Crippen LogP contribution in [0.4, 0.5) is 0 Å². The second kappa shape index (κ2) is 3.46. The van der Waals surface area contributed by atoms with E-state index in [1.165, 1.54) is 13.1 Å². The lowest BCUT2D eigenvalue weighted by Gasteiger charge is -2.03. The number of rotatable bonds is 2. The van der Waals surface area contributed by atoms with Gasteiger partial charge in [0.05, 0.1) is 5.52 Å². The van der Waals surface area contributed by atoms with Crippen molar-refractivity contribution in [2.45, 2.75) is 11.9 Å². The van der Waals surface area contributed by atoms with Gasteiger partial charge in [0, 0.05) is 17.6 Å². The zero-order valence-electron chi connectivity index (χ0n) is 8.79. The summed E-state index contributed by atoms with van der Waals surface area (Å²) in [6, 6.07) is 1.37. The highest BCUT2D eigenvalue weighted by Gasteiger charge is 2.18. The standard InChI is InChI=1S/C9H11N3O3S/c1-5-4-11-8-6(5)3-7(13)12-9(8)16(14,15)10-2/h3-4,10-11H,1-2H3,(H,12,13). The lowest BCUT2D eigenvalue weighted by Crippen LogP contribution is -2.23. The molecule has 0 unspecified atom stereocenters. The summed E-state index contributed by atoms with van der Waals surface area (Å²) in [6.07, 6.45) is 1.66. The van der Waals surface area contributed by atoms with E-state index in [-0.39, 0.29) is 5.03 Å². The molecule has 6 nitrogen and oxygen atoms in total. The number of aryl methyl sites for hydroxylation is 1. The number of aromatic amines is 2. The third-order valence-electron chi connectivity index (χ3n) is 2.40. The molecule has 0 aliphatic heterocycles. The highest BCUT2D eigenvalue weighted by Crippen LogP contribution is 2.20. The number of pyridine rings is 1. The van der Waals surface area contributed by atoms with E-state index in [0.717, 1.165) is 5.56 Å². The van der Waals surface area contributed by atoms with Crippen molar-refractivity contribution in [1.82, 2.24) is 14.7 Å². The van der Waals surface area contributed by atoms with E-state index in [9.17, 15) is 13.2 Å². The molecule has 0 atom stereocenters. The second-order valence-corrected chi connectivity index (χ2v) is 5.25. The predicted octanol–water partition coefficient (Wildman–Crippen LogP) is 0.0727. The van der Waals surface area contributed by atoms with Crippen LogP contribution in [0.5, 0.6) is 0 Å². The van der Waals surface area contributed by atoms with Crippen LogP contribution in [0.3, 0.4) is 0 Å². The summed E-state index contributed by atoms with van der Waals surface area (Å²) in [7, 11) is -2.38.